The van der Waals surface area contributed by atoms with Crippen LogP contribution in [0.15, 0.2) is 42.5 Å². The molecule has 0 spiro atoms. The largest absolute Gasteiger partial charge is 0.460 e. The van der Waals surface area contributed by atoms with Gasteiger partial charge in [0.15, 0.2) is 0 Å². The van der Waals surface area contributed by atoms with Crippen molar-refractivity contribution in [1.82, 2.24) is 21.1 Å². The predicted octanol–water partition coefficient (Wildman–Crippen LogP) is 2.98. The smallest absolute Gasteiger partial charge is 0.325 e. The monoisotopic (exact) mass is 574 g/mol. The molecule has 3 N–H and O–H groups in total. The number of alkyl halides is 3. The summed E-state index contributed by atoms with van der Waals surface area (Å²) in [5.74, 6) is -1.85. The molecule has 1 aliphatic heterocycles. The van der Waals surface area contributed by atoms with Crippen LogP contribution in [0.3, 0.4) is 0 Å². The zero-order chi connectivity index (χ0) is 27.4. The summed E-state index contributed by atoms with van der Waals surface area (Å²) in [5.41, 5.74) is 3.85. The standard InChI is InChI=1S/C25H33Cl3N4O5/c1-3-4-12-21(33)30-19(14-13-18-9-6-5-7-10-18)22(34)29-17(2)23(35)32-15-8-11-20(31-32)24(36)37-16-25(26,27)28/h3-7,9-10,17,19-20,31H,8,11-16H2,1-2H3,(H,29,34)(H,30,33). The van der Waals surface area contributed by atoms with E-state index in [1.165, 1.54) is 5.01 Å². The molecule has 12 heteroatoms. The van der Waals surface area contributed by atoms with E-state index in [2.05, 4.69) is 16.1 Å². The van der Waals surface area contributed by atoms with Crippen molar-refractivity contribution < 1.29 is 23.9 Å². The molecule has 1 fully saturated rings. The van der Waals surface area contributed by atoms with Crippen molar-refractivity contribution in [3.8, 4) is 0 Å². The van der Waals surface area contributed by atoms with E-state index >= 15 is 0 Å². The van der Waals surface area contributed by atoms with Crippen molar-refractivity contribution in [3.05, 3.63) is 48.0 Å². The third-order valence-electron chi connectivity index (χ3n) is 5.60. The summed E-state index contributed by atoms with van der Waals surface area (Å²) >= 11 is 16.9. The fraction of sp³-hybridized carbons (Fsp3) is 0.520. The first-order valence-electron chi connectivity index (χ1n) is 12.1. The second-order valence-electron chi connectivity index (χ2n) is 8.68. The van der Waals surface area contributed by atoms with E-state index < -0.39 is 46.3 Å². The zero-order valence-corrected chi connectivity index (χ0v) is 23.1. The molecule has 3 atom stereocenters. The SMILES string of the molecule is CC=CCC(=O)NC(CCc1ccccc1)C(=O)NC(C)C(=O)N1CCCC(C(=O)OCC(Cl)(Cl)Cl)N1. The van der Waals surface area contributed by atoms with Crippen LogP contribution in [0.5, 0.6) is 0 Å². The van der Waals surface area contributed by atoms with Crippen LogP contribution in [0.25, 0.3) is 0 Å². The lowest BCUT2D eigenvalue weighted by Crippen LogP contribution is -2.60. The fourth-order valence-corrected chi connectivity index (χ4v) is 3.84. The molecular formula is C25H33Cl3N4O5. The van der Waals surface area contributed by atoms with Gasteiger partial charge in [0.05, 0.1) is 0 Å². The molecule has 3 unspecified atom stereocenters. The Morgan fingerprint density at radius 1 is 1.19 bits per heavy atom. The molecule has 37 heavy (non-hydrogen) atoms. The number of aryl methyl sites for hydroxylation is 1. The molecule has 2 rings (SSSR count). The highest BCUT2D eigenvalue weighted by atomic mass is 35.6. The number of halogens is 3. The number of hydrogen-bond acceptors (Lipinski definition) is 6. The number of amides is 3. The number of hydrazine groups is 1. The maximum Gasteiger partial charge on any atom is 0.325 e. The van der Waals surface area contributed by atoms with Gasteiger partial charge in [-0.25, -0.2) is 5.43 Å². The molecule has 0 radical (unpaired) electrons. The van der Waals surface area contributed by atoms with E-state index in [0.29, 0.717) is 32.2 Å². The lowest BCUT2D eigenvalue weighted by molar-refractivity contribution is -0.152. The van der Waals surface area contributed by atoms with Gasteiger partial charge in [0.2, 0.25) is 15.6 Å². The molecule has 9 nitrogen and oxygen atoms in total. The summed E-state index contributed by atoms with van der Waals surface area (Å²) in [6.45, 7) is 3.27. The summed E-state index contributed by atoms with van der Waals surface area (Å²) in [7, 11) is 0. The molecule has 0 bridgehead atoms. The van der Waals surface area contributed by atoms with Gasteiger partial charge < -0.3 is 15.4 Å². The van der Waals surface area contributed by atoms with E-state index in [9.17, 15) is 19.2 Å². The van der Waals surface area contributed by atoms with E-state index in [4.69, 9.17) is 39.5 Å². The van der Waals surface area contributed by atoms with Crippen molar-refractivity contribution in [2.24, 2.45) is 0 Å². The van der Waals surface area contributed by atoms with Crippen LogP contribution < -0.4 is 16.1 Å². The second-order valence-corrected chi connectivity index (χ2v) is 11.2. The molecule has 1 aromatic rings. The quantitative estimate of drug-likeness (QED) is 0.212. The first-order chi connectivity index (χ1) is 17.5. The Labute approximate surface area is 232 Å². The van der Waals surface area contributed by atoms with Crippen molar-refractivity contribution in [3.63, 3.8) is 0 Å². The molecule has 1 heterocycles. The Morgan fingerprint density at radius 2 is 1.89 bits per heavy atom. The maximum atomic E-state index is 13.1. The van der Waals surface area contributed by atoms with Gasteiger partial charge in [0.25, 0.3) is 5.91 Å². The Balaban J connectivity index is 1.98. The molecule has 3 amide bonds. The number of ether oxygens (including phenoxy) is 1. The van der Waals surface area contributed by atoms with Gasteiger partial charge in [-0.3, -0.25) is 24.2 Å². The highest BCUT2D eigenvalue weighted by molar-refractivity contribution is 6.67. The minimum absolute atomic E-state index is 0.146. The number of nitrogens with zero attached hydrogens (tertiary/aromatic N) is 1. The zero-order valence-electron chi connectivity index (χ0n) is 20.8. The summed E-state index contributed by atoms with van der Waals surface area (Å²) in [5, 5.41) is 6.73. The minimum atomic E-state index is -1.74. The van der Waals surface area contributed by atoms with Gasteiger partial charge in [-0.15, -0.1) is 0 Å². The highest BCUT2D eigenvalue weighted by Crippen LogP contribution is 2.26. The lowest BCUT2D eigenvalue weighted by atomic mass is 10.0. The number of carbonyl (C=O) groups is 4. The second kappa shape index (κ2) is 15.2. The molecule has 1 aromatic carbocycles. The van der Waals surface area contributed by atoms with Crippen molar-refractivity contribution >= 4 is 58.5 Å². The average Bonchev–Trinajstić information content (AvgIpc) is 2.88. The Bertz CT molecular complexity index is 955. The molecule has 0 saturated carbocycles. The van der Waals surface area contributed by atoms with Crippen LogP contribution in [0, 0.1) is 0 Å². The number of allylic oxidation sites excluding steroid dienone is 1. The van der Waals surface area contributed by atoms with Crippen molar-refractivity contribution in [1.29, 1.82) is 0 Å². The van der Waals surface area contributed by atoms with Crippen LogP contribution in [-0.4, -0.2) is 63.8 Å². The topological polar surface area (TPSA) is 117 Å². The maximum absolute atomic E-state index is 13.1. The Morgan fingerprint density at radius 3 is 2.54 bits per heavy atom. The third-order valence-corrected chi connectivity index (χ3v) is 5.93. The normalized spacial score (nSPS) is 17.6. The number of rotatable bonds is 11. The molecule has 1 aliphatic rings. The Hall–Kier alpha value is -2.33. The van der Waals surface area contributed by atoms with E-state index in [0.717, 1.165) is 5.56 Å². The van der Waals surface area contributed by atoms with E-state index in [-0.39, 0.29) is 12.3 Å². The van der Waals surface area contributed by atoms with Gasteiger partial charge >= 0.3 is 5.97 Å². The van der Waals surface area contributed by atoms with Crippen molar-refractivity contribution in [2.45, 2.75) is 67.9 Å². The summed E-state index contributed by atoms with van der Waals surface area (Å²) < 4.78 is 3.27. The number of benzene rings is 1. The Kier molecular flexibility index (Phi) is 12.7. The van der Waals surface area contributed by atoms with Crippen LogP contribution in [0.2, 0.25) is 0 Å². The van der Waals surface area contributed by atoms with Crippen molar-refractivity contribution in [2.75, 3.05) is 13.2 Å². The van der Waals surface area contributed by atoms with Crippen LogP contribution in [0.4, 0.5) is 0 Å². The third kappa shape index (κ3) is 11.3. The predicted molar refractivity (Wildman–Crippen MR) is 143 cm³/mol. The van der Waals surface area contributed by atoms with Gasteiger partial charge in [0, 0.05) is 13.0 Å². The van der Waals surface area contributed by atoms with E-state index in [1.54, 1.807) is 26.0 Å². The van der Waals surface area contributed by atoms with Gasteiger partial charge in [0.1, 0.15) is 24.7 Å². The molecule has 0 aromatic heterocycles. The van der Waals surface area contributed by atoms with Gasteiger partial charge in [-0.05, 0) is 45.1 Å². The molecular weight excluding hydrogens is 543 g/mol. The highest BCUT2D eigenvalue weighted by Gasteiger charge is 2.33. The minimum Gasteiger partial charge on any atom is -0.460 e. The van der Waals surface area contributed by atoms with Crippen LogP contribution >= 0.6 is 34.8 Å². The molecule has 1 saturated heterocycles. The first kappa shape index (κ1) is 30.9. The van der Waals surface area contributed by atoms with Crippen LogP contribution in [0.1, 0.15) is 45.1 Å². The molecule has 204 valence electrons. The number of esters is 1. The number of carbonyl (C=O) groups excluding carboxylic acids is 4. The lowest BCUT2D eigenvalue weighted by Gasteiger charge is -2.34. The van der Waals surface area contributed by atoms with Gasteiger partial charge in [-0.1, -0.05) is 77.3 Å². The van der Waals surface area contributed by atoms with E-state index in [1.807, 2.05) is 30.3 Å². The fourth-order valence-electron chi connectivity index (χ4n) is 3.68. The summed E-state index contributed by atoms with van der Waals surface area (Å²) in [6.07, 6.45) is 5.49. The molecule has 0 aliphatic carbocycles. The van der Waals surface area contributed by atoms with Crippen LogP contribution in [-0.2, 0) is 30.3 Å². The van der Waals surface area contributed by atoms with Gasteiger partial charge in [-0.2, -0.15) is 0 Å². The first-order valence-corrected chi connectivity index (χ1v) is 13.2. The average molecular weight is 576 g/mol. The summed E-state index contributed by atoms with van der Waals surface area (Å²) in [6, 6.07) is 7.06. The number of hydrogen-bond donors (Lipinski definition) is 3. The summed E-state index contributed by atoms with van der Waals surface area (Å²) in [4.78, 5) is 50.7. The number of nitrogens with one attached hydrogen (secondary N) is 3.